The van der Waals surface area contributed by atoms with Crippen LogP contribution in [0.1, 0.15) is 13.8 Å². The van der Waals surface area contributed by atoms with Gasteiger partial charge in [-0.2, -0.15) is 0 Å². The van der Waals surface area contributed by atoms with Crippen molar-refractivity contribution in [1.82, 2.24) is 0 Å². The number of carbonyl (C=O) groups excluding carboxylic acids is 1. The highest BCUT2D eigenvalue weighted by Crippen LogP contribution is 2.36. The lowest BCUT2D eigenvalue weighted by molar-refractivity contribution is -0.129. The van der Waals surface area contributed by atoms with E-state index in [-0.39, 0.29) is 11.9 Å². The molecule has 0 aliphatic rings. The summed E-state index contributed by atoms with van der Waals surface area (Å²) in [5.41, 5.74) is 0. The number of esters is 1. The molecule has 0 unspecified atom stereocenters. The minimum absolute atomic E-state index is 0.00449. The van der Waals surface area contributed by atoms with Crippen molar-refractivity contribution in [2.24, 2.45) is 0 Å². The lowest BCUT2D eigenvalue weighted by Crippen LogP contribution is -2.07. The van der Waals surface area contributed by atoms with Crippen LogP contribution >= 0.6 is 0 Å². The summed E-state index contributed by atoms with van der Waals surface area (Å²) in [5, 5.41) is 0. The summed E-state index contributed by atoms with van der Waals surface area (Å²) >= 11 is 0. The van der Waals surface area contributed by atoms with Gasteiger partial charge in [-0.15, -0.1) is 0 Å². The van der Waals surface area contributed by atoms with Gasteiger partial charge in [0.1, 0.15) is 0 Å². The molecular weight excluding hydrogens is 248 g/mol. The molecule has 0 radical (unpaired) electrons. The van der Waals surface area contributed by atoms with Gasteiger partial charge < -0.3 is 18.9 Å². The van der Waals surface area contributed by atoms with Crippen molar-refractivity contribution in [3.63, 3.8) is 0 Å². The van der Waals surface area contributed by atoms with E-state index in [9.17, 15) is 4.79 Å². The van der Waals surface area contributed by atoms with Crippen molar-refractivity contribution >= 4 is 5.97 Å². The van der Waals surface area contributed by atoms with Crippen LogP contribution < -0.4 is 14.2 Å². The molecule has 0 spiro atoms. The molecule has 0 fully saturated rings. The number of carbonyl (C=O) groups is 1. The molecule has 19 heavy (non-hydrogen) atoms. The first kappa shape index (κ1) is 14.9. The lowest BCUT2D eigenvalue weighted by Gasteiger charge is -2.11. The summed E-state index contributed by atoms with van der Waals surface area (Å²) in [5.74, 6) is 0.520. The number of hydrogen-bond acceptors (Lipinski definition) is 5. The molecule has 0 N–H and O–H groups in total. The van der Waals surface area contributed by atoms with Crippen molar-refractivity contribution in [3.8, 4) is 17.2 Å². The van der Waals surface area contributed by atoms with Gasteiger partial charge in [0, 0.05) is 0 Å². The van der Waals surface area contributed by atoms with Gasteiger partial charge >= 0.3 is 5.97 Å². The number of hydrogen-bond donors (Lipinski definition) is 0. The number of ether oxygens (including phenoxy) is 4. The molecule has 0 aliphatic carbocycles. The maximum atomic E-state index is 11.6. The molecule has 1 aromatic carbocycles. The SMILES string of the molecule is COc1cccc(OC)c1OC(=O)/C=C/OC(C)C. The summed E-state index contributed by atoms with van der Waals surface area (Å²) in [6.45, 7) is 3.72. The van der Waals surface area contributed by atoms with E-state index < -0.39 is 5.97 Å². The van der Waals surface area contributed by atoms with Crippen LogP contribution in [0, 0.1) is 0 Å². The number of rotatable bonds is 6. The molecule has 104 valence electrons. The molecular formula is C14H18O5. The Morgan fingerprint density at radius 1 is 1.16 bits per heavy atom. The maximum Gasteiger partial charge on any atom is 0.339 e. The minimum Gasteiger partial charge on any atom is -0.498 e. The summed E-state index contributed by atoms with van der Waals surface area (Å²) < 4.78 is 20.5. The van der Waals surface area contributed by atoms with Gasteiger partial charge in [-0.25, -0.2) is 4.79 Å². The van der Waals surface area contributed by atoms with Gasteiger partial charge in [0.05, 0.1) is 32.7 Å². The molecule has 0 amide bonds. The Balaban J connectivity index is 2.80. The van der Waals surface area contributed by atoms with E-state index in [1.807, 2.05) is 13.8 Å². The molecule has 0 saturated heterocycles. The van der Waals surface area contributed by atoms with Gasteiger partial charge in [-0.1, -0.05) is 6.07 Å². The fourth-order valence-electron chi connectivity index (χ4n) is 1.30. The largest absolute Gasteiger partial charge is 0.498 e. The van der Waals surface area contributed by atoms with Crippen LogP contribution in [0.4, 0.5) is 0 Å². The van der Waals surface area contributed by atoms with E-state index in [0.717, 1.165) is 0 Å². The predicted octanol–water partition coefficient (Wildman–Crippen LogP) is 2.55. The monoisotopic (exact) mass is 266 g/mol. The maximum absolute atomic E-state index is 11.6. The number of para-hydroxylation sites is 1. The number of methoxy groups -OCH3 is 2. The molecule has 0 aliphatic heterocycles. The van der Waals surface area contributed by atoms with E-state index in [2.05, 4.69) is 0 Å². The highest BCUT2D eigenvalue weighted by atomic mass is 16.6. The fourth-order valence-corrected chi connectivity index (χ4v) is 1.30. The molecule has 0 bridgehead atoms. The first-order valence-electron chi connectivity index (χ1n) is 5.83. The van der Waals surface area contributed by atoms with Gasteiger partial charge in [-0.3, -0.25) is 0 Å². The third kappa shape index (κ3) is 4.54. The van der Waals surface area contributed by atoms with Crippen LogP contribution in [0.2, 0.25) is 0 Å². The van der Waals surface area contributed by atoms with Crippen LogP contribution in [-0.2, 0) is 9.53 Å². The average molecular weight is 266 g/mol. The summed E-state index contributed by atoms with van der Waals surface area (Å²) in [6, 6.07) is 5.10. The highest BCUT2D eigenvalue weighted by molar-refractivity contribution is 5.84. The zero-order valence-corrected chi connectivity index (χ0v) is 11.5. The Kier molecular flexibility index (Phi) is 5.73. The molecule has 0 saturated carbocycles. The molecule has 5 heteroatoms. The Bertz CT molecular complexity index is 429. The Morgan fingerprint density at radius 3 is 2.21 bits per heavy atom. The second-order valence-electron chi connectivity index (χ2n) is 3.90. The second kappa shape index (κ2) is 7.31. The Hall–Kier alpha value is -2.17. The zero-order chi connectivity index (χ0) is 14.3. The van der Waals surface area contributed by atoms with Gasteiger partial charge in [0.25, 0.3) is 0 Å². The van der Waals surface area contributed by atoms with Crippen LogP contribution in [0.25, 0.3) is 0 Å². The third-order valence-corrected chi connectivity index (χ3v) is 2.14. The normalized spacial score (nSPS) is 10.6. The van der Waals surface area contributed by atoms with Gasteiger partial charge in [0.2, 0.25) is 5.75 Å². The third-order valence-electron chi connectivity index (χ3n) is 2.14. The van der Waals surface area contributed by atoms with E-state index in [4.69, 9.17) is 18.9 Å². The van der Waals surface area contributed by atoms with E-state index >= 15 is 0 Å². The molecule has 0 heterocycles. The topological polar surface area (TPSA) is 54.0 Å². The average Bonchev–Trinajstić information content (AvgIpc) is 2.38. The molecule has 0 aromatic heterocycles. The van der Waals surface area contributed by atoms with Gasteiger partial charge in [0.15, 0.2) is 11.5 Å². The van der Waals surface area contributed by atoms with Crippen LogP contribution in [0.15, 0.2) is 30.5 Å². The quantitative estimate of drug-likeness (QED) is 0.343. The van der Waals surface area contributed by atoms with Crippen LogP contribution in [-0.4, -0.2) is 26.3 Å². The molecule has 5 nitrogen and oxygen atoms in total. The predicted molar refractivity (Wildman–Crippen MR) is 70.5 cm³/mol. The molecule has 0 atom stereocenters. The van der Waals surface area contributed by atoms with Crippen molar-refractivity contribution in [1.29, 1.82) is 0 Å². The van der Waals surface area contributed by atoms with Crippen molar-refractivity contribution in [2.45, 2.75) is 20.0 Å². The Labute approximate surface area is 112 Å². The van der Waals surface area contributed by atoms with E-state index in [1.54, 1.807) is 18.2 Å². The summed E-state index contributed by atoms with van der Waals surface area (Å²) in [6.07, 6.45) is 2.51. The smallest absolute Gasteiger partial charge is 0.339 e. The first-order valence-corrected chi connectivity index (χ1v) is 5.83. The van der Waals surface area contributed by atoms with E-state index in [0.29, 0.717) is 11.5 Å². The summed E-state index contributed by atoms with van der Waals surface area (Å²) in [7, 11) is 2.98. The molecule has 1 rings (SSSR count). The van der Waals surface area contributed by atoms with Crippen molar-refractivity contribution in [2.75, 3.05) is 14.2 Å². The van der Waals surface area contributed by atoms with Crippen LogP contribution in [0.3, 0.4) is 0 Å². The molecule has 1 aromatic rings. The summed E-state index contributed by atoms with van der Waals surface area (Å²) in [4.78, 5) is 11.6. The van der Waals surface area contributed by atoms with Crippen molar-refractivity contribution in [3.05, 3.63) is 30.5 Å². The fraction of sp³-hybridized carbons (Fsp3) is 0.357. The standard InChI is InChI=1S/C14H18O5/c1-10(2)18-9-8-13(15)19-14-11(16-3)6-5-7-12(14)17-4/h5-10H,1-4H3/b9-8+. The first-order chi connectivity index (χ1) is 9.08. The zero-order valence-electron chi connectivity index (χ0n) is 11.5. The second-order valence-corrected chi connectivity index (χ2v) is 3.90. The van der Waals surface area contributed by atoms with E-state index in [1.165, 1.54) is 26.6 Å². The minimum atomic E-state index is -0.566. The van der Waals surface area contributed by atoms with Crippen molar-refractivity contribution < 1.29 is 23.7 Å². The van der Waals surface area contributed by atoms with Crippen LogP contribution in [0.5, 0.6) is 17.2 Å². The van der Waals surface area contributed by atoms with Gasteiger partial charge in [-0.05, 0) is 26.0 Å². The Morgan fingerprint density at radius 2 is 1.74 bits per heavy atom. The lowest BCUT2D eigenvalue weighted by atomic mass is 10.3. The highest BCUT2D eigenvalue weighted by Gasteiger charge is 2.14. The number of benzene rings is 1.